The smallest absolute Gasteiger partial charge is 0.121 e. The molecule has 1 N–H and O–H groups in total. The molecule has 1 aromatic rings. The van der Waals surface area contributed by atoms with Gasteiger partial charge in [-0.3, -0.25) is 5.32 Å². The number of ether oxygens (including phenoxy) is 1. The molecule has 80 valence electrons. The van der Waals surface area contributed by atoms with E-state index in [0.717, 1.165) is 17.9 Å². The quantitative estimate of drug-likeness (QED) is 0.757. The lowest BCUT2D eigenvalue weighted by atomic mass is 10.1. The van der Waals surface area contributed by atoms with Gasteiger partial charge in [0.05, 0.1) is 13.2 Å². The van der Waals surface area contributed by atoms with Crippen LogP contribution in [0.4, 0.5) is 0 Å². The largest absolute Gasteiger partial charge is 0.496 e. The van der Waals surface area contributed by atoms with E-state index in [9.17, 15) is 0 Å². The van der Waals surface area contributed by atoms with Crippen LogP contribution >= 0.6 is 0 Å². The second-order valence-electron chi connectivity index (χ2n) is 3.57. The summed E-state index contributed by atoms with van der Waals surface area (Å²) in [5.41, 5.74) is 2.36. The summed E-state index contributed by atoms with van der Waals surface area (Å²) in [7, 11) is 1.68. The summed E-state index contributed by atoms with van der Waals surface area (Å²) in [5.74, 6) is 3.56. The summed E-state index contributed by atoms with van der Waals surface area (Å²) in [5, 5.41) is 3.24. The normalized spacial score (nSPS) is 11.9. The number of benzene rings is 1. The molecule has 0 aromatic heterocycles. The molecule has 0 amide bonds. The Hall–Kier alpha value is -1.46. The standard InChI is InChI=1S/C13H17NO/c1-5-11(3)14-9-12-6-7-13(15-4)10(2)8-12/h1,6-8,11,14H,9H2,2-4H3. The van der Waals surface area contributed by atoms with E-state index in [2.05, 4.69) is 17.3 Å². The fourth-order valence-electron chi connectivity index (χ4n) is 1.38. The van der Waals surface area contributed by atoms with Gasteiger partial charge in [0.15, 0.2) is 0 Å². The first-order valence-electron chi connectivity index (χ1n) is 5.00. The van der Waals surface area contributed by atoms with Crippen LogP contribution in [-0.2, 0) is 6.54 Å². The van der Waals surface area contributed by atoms with Gasteiger partial charge in [0.1, 0.15) is 5.75 Å². The Kier molecular flexibility index (Phi) is 4.20. The molecular weight excluding hydrogens is 186 g/mol. The Bertz CT molecular complexity index is 365. The van der Waals surface area contributed by atoms with E-state index in [-0.39, 0.29) is 6.04 Å². The molecule has 2 heteroatoms. The molecule has 1 atom stereocenters. The van der Waals surface area contributed by atoms with Crippen LogP contribution in [0.25, 0.3) is 0 Å². The van der Waals surface area contributed by atoms with Gasteiger partial charge in [0.25, 0.3) is 0 Å². The highest BCUT2D eigenvalue weighted by molar-refractivity contribution is 5.36. The van der Waals surface area contributed by atoms with Crippen LogP contribution in [0.5, 0.6) is 5.75 Å². The van der Waals surface area contributed by atoms with E-state index >= 15 is 0 Å². The Morgan fingerprint density at radius 2 is 2.27 bits per heavy atom. The summed E-state index contributed by atoms with van der Waals surface area (Å²) < 4.78 is 5.19. The van der Waals surface area contributed by atoms with Crippen molar-refractivity contribution in [1.82, 2.24) is 5.32 Å². The number of aryl methyl sites for hydroxylation is 1. The first-order valence-corrected chi connectivity index (χ1v) is 5.00. The summed E-state index contributed by atoms with van der Waals surface area (Å²) in [4.78, 5) is 0. The van der Waals surface area contributed by atoms with Gasteiger partial charge in [-0.05, 0) is 31.0 Å². The zero-order chi connectivity index (χ0) is 11.3. The predicted molar refractivity (Wildman–Crippen MR) is 62.9 cm³/mol. The maximum absolute atomic E-state index is 5.28. The lowest BCUT2D eigenvalue weighted by molar-refractivity contribution is 0.411. The second-order valence-corrected chi connectivity index (χ2v) is 3.57. The fourth-order valence-corrected chi connectivity index (χ4v) is 1.38. The highest BCUT2D eigenvalue weighted by atomic mass is 16.5. The average Bonchev–Trinajstić information content (AvgIpc) is 2.26. The topological polar surface area (TPSA) is 21.3 Å². The minimum Gasteiger partial charge on any atom is -0.496 e. The molecule has 0 aliphatic rings. The summed E-state index contributed by atoms with van der Waals surface area (Å²) in [6.45, 7) is 4.79. The number of nitrogens with one attached hydrogen (secondary N) is 1. The Morgan fingerprint density at radius 1 is 1.53 bits per heavy atom. The van der Waals surface area contributed by atoms with Crippen LogP contribution in [-0.4, -0.2) is 13.2 Å². The number of terminal acetylenes is 1. The molecule has 1 rings (SSSR count). The molecule has 0 heterocycles. The van der Waals surface area contributed by atoms with Crippen molar-refractivity contribution in [3.05, 3.63) is 29.3 Å². The van der Waals surface area contributed by atoms with Crippen molar-refractivity contribution >= 4 is 0 Å². The molecule has 1 aromatic carbocycles. The van der Waals surface area contributed by atoms with Gasteiger partial charge in [-0.25, -0.2) is 0 Å². The molecule has 0 aliphatic carbocycles. The monoisotopic (exact) mass is 203 g/mol. The summed E-state index contributed by atoms with van der Waals surface area (Å²) >= 11 is 0. The minimum atomic E-state index is 0.104. The van der Waals surface area contributed by atoms with Crippen LogP contribution in [0.15, 0.2) is 18.2 Å². The zero-order valence-electron chi connectivity index (χ0n) is 9.50. The molecule has 2 nitrogen and oxygen atoms in total. The van der Waals surface area contributed by atoms with Gasteiger partial charge >= 0.3 is 0 Å². The summed E-state index contributed by atoms with van der Waals surface area (Å²) in [6.07, 6.45) is 5.28. The predicted octanol–water partition coefficient (Wildman–Crippen LogP) is 2.11. The van der Waals surface area contributed by atoms with Gasteiger partial charge in [0, 0.05) is 6.54 Å². The second kappa shape index (κ2) is 5.43. The van der Waals surface area contributed by atoms with Crippen molar-refractivity contribution in [2.24, 2.45) is 0 Å². The SMILES string of the molecule is C#CC(C)NCc1ccc(OC)c(C)c1. The van der Waals surface area contributed by atoms with Crippen molar-refractivity contribution in [2.75, 3.05) is 7.11 Å². The third kappa shape index (κ3) is 3.30. The number of hydrogen-bond acceptors (Lipinski definition) is 2. The van der Waals surface area contributed by atoms with E-state index in [1.54, 1.807) is 7.11 Å². The summed E-state index contributed by atoms with van der Waals surface area (Å²) in [6, 6.07) is 6.23. The zero-order valence-corrected chi connectivity index (χ0v) is 9.50. The van der Waals surface area contributed by atoms with E-state index < -0.39 is 0 Å². The van der Waals surface area contributed by atoms with Crippen LogP contribution in [0, 0.1) is 19.3 Å². The number of rotatable bonds is 4. The van der Waals surface area contributed by atoms with Crippen molar-refractivity contribution in [1.29, 1.82) is 0 Å². The fraction of sp³-hybridized carbons (Fsp3) is 0.385. The molecule has 15 heavy (non-hydrogen) atoms. The average molecular weight is 203 g/mol. The van der Waals surface area contributed by atoms with Gasteiger partial charge < -0.3 is 4.74 Å². The molecule has 0 radical (unpaired) electrons. The maximum Gasteiger partial charge on any atom is 0.121 e. The van der Waals surface area contributed by atoms with Crippen LogP contribution in [0.3, 0.4) is 0 Å². The first kappa shape index (κ1) is 11.6. The number of methoxy groups -OCH3 is 1. The highest BCUT2D eigenvalue weighted by Gasteiger charge is 2.01. The van der Waals surface area contributed by atoms with Gasteiger partial charge in [-0.2, -0.15) is 0 Å². The lowest BCUT2D eigenvalue weighted by Gasteiger charge is -2.10. The first-order chi connectivity index (χ1) is 7.17. The molecule has 1 unspecified atom stereocenters. The van der Waals surface area contributed by atoms with Crippen molar-refractivity contribution in [2.45, 2.75) is 26.4 Å². The van der Waals surface area contributed by atoms with Crippen molar-refractivity contribution in [3.8, 4) is 18.1 Å². The van der Waals surface area contributed by atoms with E-state index in [4.69, 9.17) is 11.2 Å². The number of hydrogen-bond donors (Lipinski definition) is 1. The van der Waals surface area contributed by atoms with Crippen molar-refractivity contribution < 1.29 is 4.74 Å². The van der Waals surface area contributed by atoms with E-state index in [0.29, 0.717) is 0 Å². The third-order valence-corrected chi connectivity index (χ3v) is 2.32. The minimum absolute atomic E-state index is 0.104. The van der Waals surface area contributed by atoms with Crippen LogP contribution < -0.4 is 10.1 Å². The molecule has 0 spiro atoms. The van der Waals surface area contributed by atoms with E-state index in [1.165, 1.54) is 5.56 Å². The third-order valence-electron chi connectivity index (χ3n) is 2.32. The Labute approximate surface area is 91.6 Å². The molecule has 0 saturated heterocycles. The lowest BCUT2D eigenvalue weighted by Crippen LogP contribution is -2.23. The van der Waals surface area contributed by atoms with E-state index in [1.807, 2.05) is 26.0 Å². The molecular formula is C13H17NO. The Balaban J connectivity index is 2.64. The highest BCUT2D eigenvalue weighted by Crippen LogP contribution is 2.18. The van der Waals surface area contributed by atoms with Gasteiger partial charge in [-0.1, -0.05) is 18.1 Å². The Morgan fingerprint density at radius 3 is 2.80 bits per heavy atom. The molecule has 0 bridgehead atoms. The molecule has 0 aliphatic heterocycles. The van der Waals surface area contributed by atoms with Crippen LogP contribution in [0.1, 0.15) is 18.1 Å². The van der Waals surface area contributed by atoms with Gasteiger partial charge in [0.2, 0.25) is 0 Å². The van der Waals surface area contributed by atoms with Gasteiger partial charge in [-0.15, -0.1) is 6.42 Å². The molecule has 0 fully saturated rings. The maximum atomic E-state index is 5.28. The van der Waals surface area contributed by atoms with Crippen molar-refractivity contribution in [3.63, 3.8) is 0 Å². The van der Waals surface area contributed by atoms with Crippen LogP contribution in [0.2, 0.25) is 0 Å². The molecule has 0 saturated carbocycles.